The molecule has 0 aliphatic carbocycles. The van der Waals surface area contributed by atoms with Gasteiger partial charge in [0.2, 0.25) is 6.29 Å². The molecule has 2 saturated heterocycles. The van der Waals surface area contributed by atoms with Gasteiger partial charge in [-0.3, -0.25) is 4.79 Å². The number of hydrogen-bond donors (Lipinski definition) is 7. The number of rotatable bonds is 5. The molecule has 34 heavy (non-hydrogen) atoms. The molecule has 1 aromatic carbocycles. The number of phenols is 1. The van der Waals surface area contributed by atoms with Crippen molar-refractivity contribution in [3.8, 4) is 11.5 Å². The Kier molecular flexibility index (Phi) is 7.09. The van der Waals surface area contributed by atoms with Crippen molar-refractivity contribution in [2.24, 2.45) is 0 Å². The zero-order chi connectivity index (χ0) is 24.7. The van der Waals surface area contributed by atoms with E-state index in [1.807, 2.05) is 0 Å². The summed E-state index contributed by atoms with van der Waals surface area (Å²) in [5.74, 6) is -0.505. The monoisotopic (exact) mass is 486 g/mol. The van der Waals surface area contributed by atoms with Gasteiger partial charge in [-0.15, -0.1) is 0 Å². The summed E-state index contributed by atoms with van der Waals surface area (Å²) in [5.41, 5.74) is -0.472. The van der Waals surface area contributed by atoms with E-state index in [9.17, 15) is 40.5 Å². The van der Waals surface area contributed by atoms with Crippen molar-refractivity contribution in [2.45, 2.75) is 68.3 Å². The van der Waals surface area contributed by atoms with Crippen molar-refractivity contribution >= 4 is 11.0 Å². The minimum Gasteiger partial charge on any atom is -0.507 e. The number of ether oxygens (including phenoxy) is 4. The third kappa shape index (κ3) is 4.62. The van der Waals surface area contributed by atoms with Crippen LogP contribution in [0.2, 0.25) is 0 Å². The highest BCUT2D eigenvalue weighted by Gasteiger charge is 2.47. The molecule has 0 bridgehead atoms. The van der Waals surface area contributed by atoms with E-state index < -0.39 is 79.2 Å². The van der Waals surface area contributed by atoms with Gasteiger partial charge in [-0.1, -0.05) is 0 Å². The Morgan fingerprint density at radius 2 is 1.56 bits per heavy atom. The van der Waals surface area contributed by atoms with Crippen LogP contribution in [0.3, 0.4) is 0 Å². The van der Waals surface area contributed by atoms with Crippen LogP contribution in [-0.2, 0) is 14.2 Å². The summed E-state index contributed by atoms with van der Waals surface area (Å²) in [4.78, 5) is 11.9. The molecule has 2 aliphatic rings. The second-order valence-electron chi connectivity index (χ2n) is 8.25. The Balaban J connectivity index is 1.47. The standard InChI is InChI=1S/C21H26O13/c1-7-14(24)16(26)18(28)20(32-7)31-6-12-15(25)17(27)19(29)21(34-12)33-8-4-10(23)13-9(22)2-3-30-11(13)5-8/h2-5,7,12,14-21,23-29H,6H2,1H3/t7-,12+,14-,15+,16+,17-,18+,19+,20+,21+/m0/s1. The van der Waals surface area contributed by atoms with Crippen molar-refractivity contribution in [1.29, 1.82) is 0 Å². The lowest BCUT2D eigenvalue weighted by atomic mass is 9.98. The van der Waals surface area contributed by atoms with Crippen LogP contribution in [0.5, 0.6) is 11.5 Å². The minimum absolute atomic E-state index is 0.00608. The Morgan fingerprint density at radius 1 is 0.882 bits per heavy atom. The van der Waals surface area contributed by atoms with Gasteiger partial charge in [0, 0.05) is 18.2 Å². The van der Waals surface area contributed by atoms with Crippen molar-refractivity contribution < 1.29 is 59.1 Å². The molecule has 1 aromatic heterocycles. The second kappa shape index (κ2) is 9.73. The second-order valence-corrected chi connectivity index (χ2v) is 8.25. The normalized spacial score (nSPS) is 38.7. The number of benzene rings is 1. The van der Waals surface area contributed by atoms with Gasteiger partial charge in [-0.2, -0.15) is 0 Å². The Bertz CT molecular complexity index is 1060. The van der Waals surface area contributed by atoms with Gasteiger partial charge >= 0.3 is 0 Å². The lowest BCUT2D eigenvalue weighted by molar-refractivity contribution is -0.318. The smallest absolute Gasteiger partial charge is 0.229 e. The van der Waals surface area contributed by atoms with Gasteiger partial charge in [-0.05, 0) is 6.92 Å². The maximum atomic E-state index is 11.9. The molecule has 7 N–H and O–H groups in total. The quantitative estimate of drug-likeness (QED) is 0.234. The zero-order valence-electron chi connectivity index (χ0n) is 17.9. The van der Waals surface area contributed by atoms with Crippen LogP contribution in [0.4, 0.5) is 0 Å². The number of aliphatic hydroxyl groups excluding tert-OH is 6. The molecule has 2 fully saturated rings. The van der Waals surface area contributed by atoms with Gasteiger partial charge in [0.25, 0.3) is 0 Å². The zero-order valence-corrected chi connectivity index (χ0v) is 17.9. The predicted octanol–water partition coefficient (Wildman–Crippen LogP) is -2.47. The van der Waals surface area contributed by atoms with Gasteiger partial charge in [0.15, 0.2) is 11.7 Å². The van der Waals surface area contributed by atoms with E-state index in [1.165, 1.54) is 13.0 Å². The van der Waals surface area contributed by atoms with Gasteiger partial charge in [0.1, 0.15) is 65.2 Å². The number of aliphatic hydroxyl groups is 6. The third-order valence-electron chi connectivity index (χ3n) is 5.87. The summed E-state index contributed by atoms with van der Waals surface area (Å²) < 4.78 is 27.0. The van der Waals surface area contributed by atoms with Crippen LogP contribution in [0.1, 0.15) is 6.92 Å². The maximum Gasteiger partial charge on any atom is 0.229 e. The number of aromatic hydroxyl groups is 1. The Labute approximate surface area is 191 Å². The first-order valence-corrected chi connectivity index (χ1v) is 10.5. The molecule has 4 rings (SSSR count). The highest BCUT2D eigenvalue weighted by Crippen LogP contribution is 2.31. The van der Waals surface area contributed by atoms with E-state index in [4.69, 9.17) is 23.4 Å². The SMILES string of the molecule is C[C@@H]1O[C@@H](OC[C@H]2O[C@@H](Oc3cc(O)c4c(=O)ccoc4c3)[C@H](O)[C@@H](O)[C@@H]2O)[C@H](O)[C@H](O)[C@H]1O. The van der Waals surface area contributed by atoms with E-state index >= 15 is 0 Å². The summed E-state index contributed by atoms with van der Waals surface area (Å²) in [6.45, 7) is 1.01. The van der Waals surface area contributed by atoms with Crippen molar-refractivity contribution in [2.75, 3.05) is 6.61 Å². The van der Waals surface area contributed by atoms with Crippen LogP contribution in [0.25, 0.3) is 11.0 Å². The van der Waals surface area contributed by atoms with Crippen molar-refractivity contribution in [3.05, 3.63) is 34.7 Å². The van der Waals surface area contributed by atoms with Crippen LogP contribution in [0.15, 0.2) is 33.7 Å². The van der Waals surface area contributed by atoms with Gasteiger partial charge < -0.3 is 59.1 Å². The summed E-state index contributed by atoms with van der Waals surface area (Å²) in [5, 5.41) is 70.7. The largest absolute Gasteiger partial charge is 0.507 e. The van der Waals surface area contributed by atoms with Crippen molar-refractivity contribution in [3.63, 3.8) is 0 Å². The molecule has 2 aromatic rings. The molecule has 0 unspecified atom stereocenters. The van der Waals surface area contributed by atoms with E-state index in [2.05, 4.69) is 0 Å². The van der Waals surface area contributed by atoms with E-state index in [0.717, 1.165) is 18.4 Å². The van der Waals surface area contributed by atoms with Crippen molar-refractivity contribution in [1.82, 2.24) is 0 Å². The summed E-state index contributed by atoms with van der Waals surface area (Å²) >= 11 is 0. The fourth-order valence-electron chi connectivity index (χ4n) is 3.86. The molecule has 0 saturated carbocycles. The average Bonchev–Trinajstić information content (AvgIpc) is 2.80. The summed E-state index contributed by atoms with van der Waals surface area (Å²) in [6.07, 6.45) is -13.4. The molecule has 13 heteroatoms. The first-order chi connectivity index (χ1) is 16.1. The third-order valence-corrected chi connectivity index (χ3v) is 5.87. The highest BCUT2D eigenvalue weighted by molar-refractivity contribution is 5.84. The molecule has 0 radical (unpaired) electrons. The number of phenolic OH excluding ortho intramolecular Hbond substituents is 1. The minimum atomic E-state index is -1.72. The van der Waals surface area contributed by atoms with E-state index in [1.54, 1.807) is 0 Å². The van der Waals surface area contributed by atoms with Crippen LogP contribution < -0.4 is 10.2 Å². The van der Waals surface area contributed by atoms with Gasteiger partial charge in [0.05, 0.1) is 19.0 Å². The van der Waals surface area contributed by atoms with Crippen LogP contribution in [0, 0.1) is 0 Å². The summed E-state index contributed by atoms with van der Waals surface area (Å²) in [6, 6.07) is 3.50. The fraction of sp³-hybridized carbons (Fsp3) is 0.571. The van der Waals surface area contributed by atoms with Gasteiger partial charge in [-0.25, -0.2) is 0 Å². The summed E-state index contributed by atoms with van der Waals surface area (Å²) in [7, 11) is 0. The van der Waals surface area contributed by atoms with E-state index in [-0.39, 0.29) is 16.7 Å². The van der Waals surface area contributed by atoms with Crippen LogP contribution >= 0.6 is 0 Å². The first-order valence-electron chi connectivity index (χ1n) is 10.5. The number of fused-ring (bicyclic) bond motifs is 1. The fourth-order valence-corrected chi connectivity index (χ4v) is 3.86. The molecule has 10 atom stereocenters. The maximum absolute atomic E-state index is 11.9. The molecule has 188 valence electrons. The predicted molar refractivity (Wildman–Crippen MR) is 110 cm³/mol. The molecule has 3 heterocycles. The lowest BCUT2D eigenvalue weighted by Crippen LogP contribution is -2.61. The average molecular weight is 486 g/mol. The molecular formula is C21H26O13. The molecular weight excluding hydrogens is 460 g/mol. The highest BCUT2D eigenvalue weighted by atomic mass is 16.7. The Morgan fingerprint density at radius 3 is 2.29 bits per heavy atom. The van der Waals surface area contributed by atoms with E-state index in [0.29, 0.717) is 0 Å². The topological polar surface area (TPSA) is 209 Å². The molecule has 0 amide bonds. The molecule has 2 aliphatic heterocycles. The Hall–Kier alpha value is -2.33. The molecule has 0 spiro atoms. The lowest BCUT2D eigenvalue weighted by Gasteiger charge is -2.42. The van der Waals surface area contributed by atoms with Crippen LogP contribution in [-0.4, -0.2) is 104 Å². The number of hydrogen-bond acceptors (Lipinski definition) is 13. The molecule has 13 nitrogen and oxygen atoms in total. The first kappa shape index (κ1) is 24.8.